The number of amides is 1. The van der Waals surface area contributed by atoms with Crippen molar-refractivity contribution in [2.24, 2.45) is 0 Å². The number of hydrogen-bond donors (Lipinski definition) is 0. The van der Waals surface area contributed by atoms with E-state index in [9.17, 15) is 22.4 Å². The molecule has 0 unspecified atom stereocenters. The van der Waals surface area contributed by atoms with Crippen LogP contribution in [0.15, 0.2) is 36.7 Å². The second-order valence-corrected chi connectivity index (χ2v) is 7.22. The molecule has 0 bridgehead atoms. The Morgan fingerprint density at radius 3 is 2.69 bits per heavy atom. The summed E-state index contributed by atoms with van der Waals surface area (Å²) in [5, 5.41) is 0.229. The first-order valence-electron chi connectivity index (χ1n) is 8.80. The third kappa shape index (κ3) is 5.36. The Kier molecular flexibility index (Phi) is 6.28. The van der Waals surface area contributed by atoms with Crippen molar-refractivity contribution in [3.05, 3.63) is 58.6 Å². The van der Waals surface area contributed by atoms with Gasteiger partial charge in [0.05, 0.1) is 18.0 Å². The van der Waals surface area contributed by atoms with Crippen LogP contribution in [0.1, 0.15) is 18.1 Å². The van der Waals surface area contributed by atoms with Gasteiger partial charge in [-0.1, -0.05) is 11.6 Å². The van der Waals surface area contributed by atoms with Gasteiger partial charge in [0.15, 0.2) is 5.75 Å². The maximum atomic E-state index is 13.3. The van der Waals surface area contributed by atoms with Gasteiger partial charge in [-0.15, -0.1) is 0 Å². The lowest BCUT2D eigenvalue weighted by Crippen LogP contribution is -2.54. The molecule has 0 N–H and O–H groups in total. The number of aromatic nitrogens is 1. The molecule has 0 spiro atoms. The fourth-order valence-electron chi connectivity index (χ4n) is 3.27. The minimum atomic E-state index is -4.48. The largest absolute Gasteiger partial charge is 0.416 e. The molecule has 1 aromatic heterocycles. The standard InChI is InChI=1S/C19H18ClF4N3O2/c1-12-10-26(11-13-6-14(20)2-3-17(13)19(22,23)24)4-5-27(12)18(28)29-16-7-15(21)8-25-9-16/h2-3,6-9,12H,4-5,10-11H2,1H3/t12-/m1/s1. The van der Waals surface area contributed by atoms with Crippen LogP contribution in [0.25, 0.3) is 0 Å². The number of hydrogen-bond acceptors (Lipinski definition) is 4. The molecule has 2 aromatic rings. The van der Waals surface area contributed by atoms with Gasteiger partial charge >= 0.3 is 12.3 Å². The number of carbonyl (C=O) groups is 1. The van der Waals surface area contributed by atoms with Gasteiger partial charge in [-0.2, -0.15) is 13.2 Å². The van der Waals surface area contributed by atoms with Gasteiger partial charge in [0.25, 0.3) is 0 Å². The normalized spacial score (nSPS) is 18.0. The van der Waals surface area contributed by atoms with Gasteiger partial charge < -0.3 is 9.64 Å². The second-order valence-electron chi connectivity index (χ2n) is 6.78. The predicted molar refractivity (Wildman–Crippen MR) is 98.1 cm³/mol. The molecule has 1 aliphatic rings. The Labute approximate surface area is 169 Å². The quantitative estimate of drug-likeness (QED) is 0.666. The first-order valence-corrected chi connectivity index (χ1v) is 9.18. The highest BCUT2D eigenvalue weighted by Gasteiger charge is 2.35. The lowest BCUT2D eigenvalue weighted by atomic mass is 10.1. The van der Waals surface area contributed by atoms with E-state index in [1.807, 2.05) is 4.90 Å². The maximum absolute atomic E-state index is 13.3. The lowest BCUT2D eigenvalue weighted by molar-refractivity contribution is -0.138. The van der Waals surface area contributed by atoms with Crippen LogP contribution in [0, 0.1) is 5.82 Å². The Morgan fingerprint density at radius 2 is 2.03 bits per heavy atom. The summed E-state index contributed by atoms with van der Waals surface area (Å²) >= 11 is 5.88. The molecule has 0 saturated carbocycles. The highest BCUT2D eigenvalue weighted by molar-refractivity contribution is 6.30. The Morgan fingerprint density at radius 1 is 1.28 bits per heavy atom. The van der Waals surface area contributed by atoms with E-state index >= 15 is 0 Å². The Bertz CT molecular complexity index is 894. The van der Waals surface area contributed by atoms with Gasteiger partial charge in [-0.25, -0.2) is 9.18 Å². The van der Waals surface area contributed by atoms with Gasteiger partial charge in [-0.05, 0) is 30.7 Å². The van der Waals surface area contributed by atoms with Crippen molar-refractivity contribution in [2.45, 2.75) is 25.7 Å². The highest BCUT2D eigenvalue weighted by atomic mass is 35.5. The molecule has 156 valence electrons. The summed E-state index contributed by atoms with van der Waals surface area (Å²) in [6.45, 7) is 2.77. The predicted octanol–water partition coefficient (Wildman–Crippen LogP) is 4.60. The molecule has 5 nitrogen and oxygen atoms in total. The van der Waals surface area contributed by atoms with Crippen molar-refractivity contribution < 1.29 is 27.1 Å². The number of benzene rings is 1. The van der Waals surface area contributed by atoms with Crippen LogP contribution < -0.4 is 4.74 Å². The number of ether oxygens (including phenoxy) is 1. The third-order valence-electron chi connectivity index (χ3n) is 4.60. The Balaban J connectivity index is 1.65. The van der Waals surface area contributed by atoms with Crippen LogP contribution in [-0.4, -0.2) is 46.6 Å². The molecule has 10 heteroatoms. The number of rotatable bonds is 3. The smallest absolute Gasteiger partial charge is 0.408 e. The van der Waals surface area contributed by atoms with Crippen molar-refractivity contribution >= 4 is 17.7 Å². The van der Waals surface area contributed by atoms with E-state index in [4.69, 9.17) is 16.3 Å². The average Bonchev–Trinajstić information content (AvgIpc) is 2.60. The molecule has 0 radical (unpaired) electrons. The van der Waals surface area contributed by atoms with Crippen LogP contribution >= 0.6 is 11.6 Å². The van der Waals surface area contributed by atoms with Crippen molar-refractivity contribution in [1.29, 1.82) is 0 Å². The number of piperazine rings is 1. The molecule has 1 aliphatic heterocycles. The zero-order valence-corrected chi connectivity index (χ0v) is 16.2. The molecular weight excluding hydrogens is 414 g/mol. The molecule has 1 aromatic carbocycles. The minimum absolute atomic E-state index is 0.0154. The first kappa shape index (κ1) is 21.3. The monoisotopic (exact) mass is 431 g/mol. The molecule has 2 heterocycles. The van der Waals surface area contributed by atoms with Crippen LogP contribution in [-0.2, 0) is 12.7 Å². The van der Waals surface area contributed by atoms with Crippen LogP contribution in [0.2, 0.25) is 5.02 Å². The summed E-state index contributed by atoms with van der Waals surface area (Å²) in [5.74, 6) is -0.645. The average molecular weight is 432 g/mol. The summed E-state index contributed by atoms with van der Waals surface area (Å²) in [5.41, 5.74) is -0.644. The second kappa shape index (κ2) is 8.54. The zero-order valence-electron chi connectivity index (χ0n) is 15.4. The molecule has 29 heavy (non-hydrogen) atoms. The van der Waals surface area contributed by atoms with Gasteiger partial charge in [-0.3, -0.25) is 9.88 Å². The van der Waals surface area contributed by atoms with Crippen molar-refractivity contribution in [3.8, 4) is 5.75 Å². The van der Waals surface area contributed by atoms with Crippen LogP contribution in [0.4, 0.5) is 22.4 Å². The molecule has 1 fully saturated rings. The summed E-state index contributed by atoms with van der Waals surface area (Å²) in [6.07, 6.45) is -2.93. The van der Waals surface area contributed by atoms with Crippen molar-refractivity contribution in [3.63, 3.8) is 0 Å². The molecular formula is C19H18ClF4N3O2. The molecule has 1 amide bonds. The van der Waals surface area contributed by atoms with E-state index in [1.54, 1.807) is 6.92 Å². The topological polar surface area (TPSA) is 45.7 Å². The lowest BCUT2D eigenvalue weighted by Gasteiger charge is -2.39. The Hall–Kier alpha value is -2.39. The molecule has 1 saturated heterocycles. The summed E-state index contributed by atoms with van der Waals surface area (Å²) in [7, 11) is 0. The summed E-state index contributed by atoms with van der Waals surface area (Å²) in [4.78, 5) is 19.2. The third-order valence-corrected chi connectivity index (χ3v) is 4.83. The van der Waals surface area contributed by atoms with Gasteiger partial charge in [0.1, 0.15) is 5.82 Å². The minimum Gasteiger partial charge on any atom is -0.408 e. The SMILES string of the molecule is C[C@@H]1CN(Cc2cc(Cl)ccc2C(F)(F)F)CCN1C(=O)Oc1cncc(F)c1. The summed E-state index contributed by atoms with van der Waals surface area (Å²) in [6, 6.07) is 4.23. The summed E-state index contributed by atoms with van der Waals surface area (Å²) < 4.78 is 58.1. The van der Waals surface area contributed by atoms with E-state index in [0.717, 1.165) is 18.3 Å². The number of alkyl halides is 3. The van der Waals surface area contributed by atoms with Crippen molar-refractivity contribution in [2.75, 3.05) is 19.6 Å². The highest BCUT2D eigenvalue weighted by Crippen LogP contribution is 2.34. The van der Waals surface area contributed by atoms with Gasteiger partial charge in [0.2, 0.25) is 0 Å². The van der Waals surface area contributed by atoms with Crippen molar-refractivity contribution in [1.82, 2.24) is 14.8 Å². The van der Waals surface area contributed by atoms with E-state index in [-0.39, 0.29) is 35.5 Å². The number of halogens is 5. The molecule has 0 aliphatic carbocycles. The fourth-order valence-corrected chi connectivity index (χ4v) is 3.46. The first-order chi connectivity index (χ1) is 13.6. The van der Waals surface area contributed by atoms with E-state index in [2.05, 4.69) is 4.98 Å². The van der Waals surface area contributed by atoms with E-state index in [1.165, 1.54) is 23.2 Å². The molecule has 1 atom stereocenters. The number of carbonyl (C=O) groups excluding carboxylic acids is 1. The fraction of sp³-hybridized carbons (Fsp3) is 0.368. The number of pyridine rings is 1. The van der Waals surface area contributed by atoms with E-state index in [0.29, 0.717) is 13.1 Å². The molecule has 3 rings (SSSR count). The van der Waals surface area contributed by atoms with Gasteiger partial charge in [0, 0.05) is 43.3 Å². The maximum Gasteiger partial charge on any atom is 0.416 e. The zero-order chi connectivity index (χ0) is 21.2. The van der Waals surface area contributed by atoms with Crippen LogP contribution in [0.3, 0.4) is 0 Å². The van der Waals surface area contributed by atoms with Crippen LogP contribution in [0.5, 0.6) is 5.75 Å². The number of nitrogens with zero attached hydrogens (tertiary/aromatic N) is 3. The van der Waals surface area contributed by atoms with E-state index < -0.39 is 23.7 Å².